The van der Waals surface area contributed by atoms with Crippen molar-refractivity contribution in [3.05, 3.63) is 22.3 Å². The minimum atomic E-state index is -0.490. The fourth-order valence-electron chi connectivity index (χ4n) is 3.91. The highest BCUT2D eigenvalue weighted by Gasteiger charge is 2.39. The predicted molar refractivity (Wildman–Crippen MR) is 81.3 cm³/mol. The number of piperidine rings is 1. The average Bonchev–Trinajstić information content (AvgIpc) is 2.59. The van der Waals surface area contributed by atoms with Crippen molar-refractivity contribution in [2.24, 2.45) is 0 Å². The summed E-state index contributed by atoms with van der Waals surface area (Å²) in [6, 6.07) is 0.0684. The van der Waals surface area contributed by atoms with E-state index in [1.54, 1.807) is 0 Å². The van der Waals surface area contributed by atoms with E-state index in [-0.39, 0.29) is 11.9 Å². The Morgan fingerprint density at radius 3 is 2.35 bits per heavy atom. The second-order valence-electron chi connectivity index (χ2n) is 6.17. The third-order valence-electron chi connectivity index (χ3n) is 5.06. The highest BCUT2D eigenvalue weighted by Crippen LogP contribution is 2.41. The van der Waals surface area contributed by atoms with Gasteiger partial charge in [0, 0.05) is 25.8 Å². The molecule has 1 saturated heterocycles. The van der Waals surface area contributed by atoms with E-state index in [2.05, 4.69) is 0 Å². The Kier molecular flexibility index (Phi) is 4.24. The fraction of sp³-hybridized carbons (Fsp3) is 0.588. The molecule has 0 saturated carbocycles. The number of hydrogen-bond donors (Lipinski definition) is 0. The number of esters is 2. The molecule has 124 valence electrons. The van der Waals surface area contributed by atoms with E-state index in [0.717, 1.165) is 24.8 Å². The van der Waals surface area contributed by atoms with Crippen LogP contribution in [0.3, 0.4) is 0 Å². The van der Waals surface area contributed by atoms with E-state index in [1.165, 1.54) is 19.8 Å². The molecule has 3 rings (SSSR count). The van der Waals surface area contributed by atoms with Gasteiger partial charge in [-0.05, 0) is 24.8 Å². The topological polar surface area (TPSA) is 72.9 Å². The number of fused-ring (bicyclic) bond motifs is 2. The van der Waals surface area contributed by atoms with Crippen molar-refractivity contribution in [3.8, 4) is 0 Å². The molecule has 2 aliphatic heterocycles. The van der Waals surface area contributed by atoms with Crippen LogP contribution in [0, 0.1) is 0 Å². The summed E-state index contributed by atoms with van der Waals surface area (Å²) in [5.41, 5.74) is 3.07. The van der Waals surface area contributed by atoms with E-state index < -0.39 is 11.9 Å². The number of rotatable bonds is 2. The third kappa shape index (κ3) is 2.66. The molecular formula is C17H21NO5. The number of ether oxygens (including phenoxy) is 2. The van der Waals surface area contributed by atoms with Gasteiger partial charge in [0.1, 0.15) is 0 Å². The SMILES string of the molecule is COC(=O)C1=C(C(=O)OC)CC2=C(CCN3C(=O)CCC[C@@H]23)C1. The van der Waals surface area contributed by atoms with Crippen LogP contribution < -0.4 is 0 Å². The Morgan fingerprint density at radius 2 is 1.70 bits per heavy atom. The van der Waals surface area contributed by atoms with E-state index in [1.807, 2.05) is 4.90 Å². The molecule has 0 aromatic heterocycles. The van der Waals surface area contributed by atoms with Crippen LogP contribution in [0.4, 0.5) is 0 Å². The molecule has 0 aromatic carbocycles. The van der Waals surface area contributed by atoms with Crippen LogP contribution in [-0.2, 0) is 23.9 Å². The Labute approximate surface area is 135 Å². The second kappa shape index (κ2) is 6.18. The van der Waals surface area contributed by atoms with E-state index in [9.17, 15) is 14.4 Å². The fourth-order valence-corrected chi connectivity index (χ4v) is 3.91. The lowest BCUT2D eigenvalue weighted by Gasteiger charge is -2.43. The molecule has 0 spiro atoms. The van der Waals surface area contributed by atoms with Gasteiger partial charge in [0.15, 0.2) is 0 Å². The van der Waals surface area contributed by atoms with E-state index in [4.69, 9.17) is 9.47 Å². The third-order valence-corrected chi connectivity index (χ3v) is 5.06. The van der Waals surface area contributed by atoms with Gasteiger partial charge < -0.3 is 14.4 Å². The van der Waals surface area contributed by atoms with E-state index in [0.29, 0.717) is 37.0 Å². The molecule has 3 aliphatic rings. The number of amides is 1. The van der Waals surface area contributed by atoms with Gasteiger partial charge in [-0.15, -0.1) is 0 Å². The Balaban J connectivity index is 1.95. The first-order valence-electron chi connectivity index (χ1n) is 7.95. The molecule has 0 unspecified atom stereocenters. The number of nitrogens with zero attached hydrogens (tertiary/aromatic N) is 1. The summed E-state index contributed by atoms with van der Waals surface area (Å²) in [4.78, 5) is 38.2. The first kappa shape index (κ1) is 15.8. The Bertz CT molecular complexity index is 631. The molecule has 1 amide bonds. The summed E-state index contributed by atoms with van der Waals surface area (Å²) in [6.45, 7) is 0.699. The van der Waals surface area contributed by atoms with Crippen molar-refractivity contribution >= 4 is 17.8 Å². The molecule has 0 aromatic rings. The second-order valence-corrected chi connectivity index (χ2v) is 6.17. The molecule has 6 nitrogen and oxygen atoms in total. The zero-order valence-corrected chi connectivity index (χ0v) is 13.5. The summed E-state index contributed by atoms with van der Waals surface area (Å²) in [5, 5.41) is 0. The quantitative estimate of drug-likeness (QED) is 0.570. The smallest absolute Gasteiger partial charge is 0.334 e. The van der Waals surface area contributed by atoms with Gasteiger partial charge >= 0.3 is 11.9 Å². The van der Waals surface area contributed by atoms with Gasteiger partial charge in [-0.2, -0.15) is 0 Å². The number of carbonyl (C=O) groups is 3. The molecule has 1 aliphatic carbocycles. The van der Waals surface area contributed by atoms with Crippen LogP contribution in [-0.4, -0.2) is 49.6 Å². The number of methoxy groups -OCH3 is 2. The summed E-state index contributed by atoms with van der Waals surface area (Å²) in [7, 11) is 2.63. The first-order valence-corrected chi connectivity index (χ1v) is 7.95. The summed E-state index contributed by atoms with van der Waals surface area (Å²) in [5.74, 6) is -0.773. The lowest BCUT2D eigenvalue weighted by molar-refractivity contribution is -0.139. The van der Waals surface area contributed by atoms with Crippen LogP contribution in [0.15, 0.2) is 22.3 Å². The van der Waals surface area contributed by atoms with Crippen LogP contribution in [0.25, 0.3) is 0 Å². The maximum absolute atomic E-state index is 12.1. The highest BCUT2D eigenvalue weighted by atomic mass is 16.5. The zero-order chi connectivity index (χ0) is 16.6. The number of carbonyl (C=O) groups excluding carboxylic acids is 3. The minimum Gasteiger partial charge on any atom is -0.466 e. The van der Waals surface area contributed by atoms with Crippen molar-refractivity contribution < 1.29 is 23.9 Å². The van der Waals surface area contributed by atoms with Gasteiger partial charge in [-0.25, -0.2) is 9.59 Å². The number of hydrogen-bond acceptors (Lipinski definition) is 5. The van der Waals surface area contributed by atoms with E-state index >= 15 is 0 Å². The van der Waals surface area contributed by atoms with Crippen LogP contribution in [0.1, 0.15) is 38.5 Å². The van der Waals surface area contributed by atoms with Crippen LogP contribution in [0.5, 0.6) is 0 Å². The molecular weight excluding hydrogens is 298 g/mol. The molecule has 0 bridgehead atoms. The van der Waals surface area contributed by atoms with Crippen LogP contribution >= 0.6 is 0 Å². The van der Waals surface area contributed by atoms with Crippen molar-refractivity contribution in [1.82, 2.24) is 4.90 Å². The van der Waals surface area contributed by atoms with Gasteiger partial charge in [-0.1, -0.05) is 5.57 Å². The normalized spacial score (nSPS) is 24.2. The van der Waals surface area contributed by atoms with Crippen molar-refractivity contribution in [2.45, 2.75) is 44.6 Å². The van der Waals surface area contributed by atoms with Gasteiger partial charge in [0.2, 0.25) is 5.91 Å². The summed E-state index contributed by atoms with van der Waals surface area (Å²) >= 11 is 0. The molecule has 1 atom stereocenters. The van der Waals surface area contributed by atoms with Crippen molar-refractivity contribution in [2.75, 3.05) is 20.8 Å². The predicted octanol–water partition coefficient (Wildman–Crippen LogP) is 1.50. The molecule has 6 heteroatoms. The molecule has 1 fully saturated rings. The Hall–Kier alpha value is -2.11. The molecule has 23 heavy (non-hydrogen) atoms. The first-order chi connectivity index (χ1) is 11.1. The maximum Gasteiger partial charge on any atom is 0.334 e. The van der Waals surface area contributed by atoms with Crippen LogP contribution in [0.2, 0.25) is 0 Å². The monoisotopic (exact) mass is 319 g/mol. The standard InChI is InChI=1S/C17H21NO5/c1-22-16(20)12-8-10-6-7-18-14(4-3-5-15(18)19)11(10)9-13(12)17(21)23-2/h14H,3-9H2,1-2H3/t14-/m0/s1. The lowest BCUT2D eigenvalue weighted by atomic mass is 9.76. The highest BCUT2D eigenvalue weighted by molar-refractivity contribution is 6.01. The maximum atomic E-state index is 12.1. The van der Waals surface area contributed by atoms with Crippen molar-refractivity contribution in [1.29, 1.82) is 0 Å². The summed E-state index contributed by atoms with van der Waals surface area (Å²) in [6.07, 6.45) is 3.95. The van der Waals surface area contributed by atoms with Gasteiger partial charge in [0.05, 0.1) is 31.4 Å². The zero-order valence-electron chi connectivity index (χ0n) is 13.5. The van der Waals surface area contributed by atoms with Crippen molar-refractivity contribution in [3.63, 3.8) is 0 Å². The van der Waals surface area contributed by atoms with Gasteiger partial charge in [-0.3, -0.25) is 4.79 Å². The molecule has 0 N–H and O–H groups in total. The average molecular weight is 319 g/mol. The van der Waals surface area contributed by atoms with Gasteiger partial charge in [0.25, 0.3) is 0 Å². The Morgan fingerprint density at radius 1 is 1.04 bits per heavy atom. The molecule has 2 heterocycles. The lowest BCUT2D eigenvalue weighted by Crippen LogP contribution is -2.48. The largest absolute Gasteiger partial charge is 0.466 e. The minimum absolute atomic E-state index is 0.0684. The molecule has 0 radical (unpaired) electrons. The summed E-state index contributed by atoms with van der Waals surface area (Å²) < 4.78 is 9.67.